The van der Waals surface area contributed by atoms with Gasteiger partial charge in [-0.15, -0.1) is 0 Å². The Kier molecular flexibility index (Phi) is 7.96. The topological polar surface area (TPSA) is 32.7 Å². The van der Waals surface area contributed by atoms with Gasteiger partial charge in [-0.05, 0) is 44.4 Å². The maximum absolute atomic E-state index is 10.3. The van der Waals surface area contributed by atoms with Crippen LogP contribution in [0, 0.1) is 11.8 Å². The highest BCUT2D eigenvalue weighted by molar-refractivity contribution is 4.82. The van der Waals surface area contributed by atoms with Crippen LogP contribution in [0.1, 0.15) is 52.9 Å². The fourth-order valence-corrected chi connectivity index (χ4v) is 3.17. The molecular formula is C16H33NO2. The minimum Gasteiger partial charge on any atom is -0.393 e. The molecule has 1 aliphatic carbocycles. The molecule has 1 fully saturated rings. The molecule has 0 heterocycles. The van der Waals surface area contributed by atoms with Crippen LogP contribution in [0.5, 0.6) is 0 Å². The van der Waals surface area contributed by atoms with Crippen molar-refractivity contribution >= 4 is 0 Å². The summed E-state index contributed by atoms with van der Waals surface area (Å²) in [6.45, 7) is 9.57. The largest absolute Gasteiger partial charge is 0.393 e. The standard InChI is InChI=1S/C16H33NO2/c1-5-13(3)17(9-10-19-4)12-15-11-14(6-2)7-8-16(15)18/h13-16,18H,5-12H2,1-4H3. The van der Waals surface area contributed by atoms with E-state index in [1.54, 1.807) is 7.11 Å². The summed E-state index contributed by atoms with van der Waals surface area (Å²) in [5.74, 6) is 1.26. The fraction of sp³-hybridized carbons (Fsp3) is 1.00. The first-order valence-corrected chi connectivity index (χ1v) is 8.03. The molecule has 0 saturated heterocycles. The molecule has 3 nitrogen and oxygen atoms in total. The van der Waals surface area contributed by atoms with E-state index in [1.807, 2.05) is 0 Å². The zero-order valence-corrected chi connectivity index (χ0v) is 13.3. The molecule has 4 atom stereocenters. The van der Waals surface area contributed by atoms with Crippen LogP contribution in [0.25, 0.3) is 0 Å². The molecule has 1 N–H and O–H groups in total. The molecule has 0 aromatic rings. The quantitative estimate of drug-likeness (QED) is 0.737. The Hall–Kier alpha value is -0.120. The maximum atomic E-state index is 10.3. The molecule has 0 radical (unpaired) electrons. The summed E-state index contributed by atoms with van der Waals surface area (Å²) in [4.78, 5) is 2.50. The van der Waals surface area contributed by atoms with Crippen molar-refractivity contribution in [3.8, 4) is 0 Å². The van der Waals surface area contributed by atoms with E-state index in [2.05, 4.69) is 25.7 Å². The van der Waals surface area contributed by atoms with Crippen LogP contribution >= 0.6 is 0 Å². The van der Waals surface area contributed by atoms with Crippen LogP contribution in [0.3, 0.4) is 0 Å². The van der Waals surface area contributed by atoms with Gasteiger partial charge in [0.25, 0.3) is 0 Å². The van der Waals surface area contributed by atoms with E-state index >= 15 is 0 Å². The van der Waals surface area contributed by atoms with Crippen molar-refractivity contribution in [1.29, 1.82) is 0 Å². The van der Waals surface area contributed by atoms with Crippen LogP contribution in [0.4, 0.5) is 0 Å². The first-order chi connectivity index (χ1) is 9.12. The van der Waals surface area contributed by atoms with Crippen molar-refractivity contribution in [1.82, 2.24) is 4.90 Å². The van der Waals surface area contributed by atoms with Crippen LogP contribution in [0.2, 0.25) is 0 Å². The molecule has 0 spiro atoms. The molecule has 0 amide bonds. The Morgan fingerprint density at radius 2 is 2.05 bits per heavy atom. The number of ether oxygens (including phenoxy) is 1. The second-order valence-electron chi connectivity index (χ2n) is 6.16. The van der Waals surface area contributed by atoms with Gasteiger partial charge in [0.05, 0.1) is 12.7 Å². The van der Waals surface area contributed by atoms with Gasteiger partial charge in [0.1, 0.15) is 0 Å². The lowest BCUT2D eigenvalue weighted by Gasteiger charge is -2.38. The van der Waals surface area contributed by atoms with E-state index in [9.17, 15) is 5.11 Å². The summed E-state index contributed by atoms with van der Waals surface area (Å²) in [5.41, 5.74) is 0. The predicted molar refractivity (Wildman–Crippen MR) is 80.3 cm³/mol. The number of methoxy groups -OCH3 is 1. The minimum atomic E-state index is -0.100. The van der Waals surface area contributed by atoms with Crippen molar-refractivity contribution < 1.29 is 9.84 Å². The minimum absolute atomic E-state index is 0.100. The monoisotopic (exact) mass is 271 g/mol. The van der Waals surface area contributed by atoms with Gasteiger partial charge in [-0.2, -0.15) is 0 Å². The van der Waals surface area contributed by atoms with Gasteiger partial charge in [-0.3, -0.25) is 4.90 Å². The average Bonchev–Trinajstić information content (AvgIpc) is 2.44. The predicted octanol–water partition coefficient (Wildman–Crippen LogP) is 2.92. The summed E-state index contributed by atoms with van der Waals surface area (Å²) in [6.07, 6.45) is 5.69. The molecule has 0 aromatic carbocycles. The molecule has 1 rings (SSSR count). The summed E-state index contributed by atoms with van der Waals surface area (Å²) < 4.78 is 5.22. The molecule has 4 unspecified atom stereocenters. The highest BCUT2D eigenvalue weighted by Gasteiger charge is 2.30. The van der Waals surface area contributed by atoms with E-state index in [0.29, 0.717) is 12.0 Å². The Balaban J connectivity index is 2.54. The molecule has 0 aromatic heterocycles. The third-order valence-corrected chi connectivity index (χ3v) is 4.89. The van der Waals surface area contributed by atoms with Gasteiger partial charge < -0.3 is 9.84 Å². The average molecular weight is 271 g/mol. The summed E-state index contributed by atoms with van der Waals surface area (Å²) in [5, 5.41) is 10.3. The first-order valence-electron chi connectivity index (χ1n) is 8.03. The van der Waals surface area contributed by atoms with Crippen LogP contribution in [0.15, 0.2) is 0 Å². The number of nitrogens with zero attached hydrogens (tertiary/aromatic N) is 1. The lowest BCUT2D eigenvalue weighted by molar-refractivity contribution is 0.0133. The molecule has 1 saturated carbocycles. The Morgan fingerprint density at radius 1 is 1.32 bits per heavy atom. The normalized spacial score (nSPS) is 29.7. The molecule has 3 heteroatoms. The van der Waals surface area contributed by atoms with Crippen molar-refractivity contribution in [3.63, 3.8) is 0 Å². The van der Waals surface area contributed by atoms with Crippen LogP contribution < -0.4 is 0 Å². The van der Waals surface area contributed by atoms with E-state index < -0.39 is 0 Å². The Labute approximate surface area is 119 Å². The highest BCUT2D eigenvalue weighted by Crippen LogP contribution is 2.32. The van der Waals surface area contributed by atoms with E-state index in [1.165, 1.54) is 19.3 Å². The van der Waals surface area contributed by atoms with Crippen LogP contribution in [-0.2, 0) is 4.74 Å². The number of aliphatic hydroxyl groups is 1. The maximum Gasteiger partial charge on any atom is 0.0589 e. The second kappa shape index (κ2) is 8.93. The summed E-state index contributed by atoms with van der Waals surface area (Å²) in [6, 6.07) is 0.573. The number of hydrogen-bond donors (Lipinski definition) is 1. The van der Waals surface area contributed by atoms with Crippen molar-refractivity contribution in [2.75, 3.05) is 26.8 Å². The SMILES string of the molecule is CCC1CCC(O)C(CN(CCOC)C(C)CC)C1. The molecule has 0 bridgehead atoms. The zero-order valence-electron chi connectivity index (χ0n) is 13.3. The third-order valence-electron chi connectivity index (χ3n) is 4.89. The third kappa shape index (κ3) is 5.41. The van der Waals surface area contributed by atoms with Gasteiger partial charge in [-0.1, -0.05) is 20.3 Å². The fourth-order valence-electron chi connectivity index (χ4n) is 3.17. The van der Waals surface area contributed by atoms with Gasteiger partial charge in [0, 0.05) is 26.2 Å². The number of rotatable bonds is 8. The van der Waals surface area contributed by atoms with Gasteiger partial charge in [0.15, 0.2) is 0 Å². The number of hydrogen-bond acceptors (Lipinski definition) is 3. The first kappa shape index (κ1) is 16.9. The lowest BCUT2D eigenvalue weighted by Crippen LogP contribution is -2.43. The second-order valence-corrected chi connectivity index (χ2v) is 6.16. The molecule has 0 aliphatic heterocycles. The van der Waals surface area contributed by atoms with Gasteiger partial charge in [-0.25, -0.2) is 0 Å². The molecular weight excluding hydrogens is 238 g/mol. The van der Waals surface area contributed by atoms with Crippen LogP contribution in [-0.4, -0.2) is 49.0 Å². The Morgan fingerprint density at radius 3 is 2.63 bits per heavy atom. The van der Waals surface area contributed by atoms with Gasteiger partial charge >= 0.3 is 0 Å². The van der Waals surface area contributed by atoms with Crippen molar-refractivity contribution in [2.45, 2.75) is 65.0 Å². The Bertz CT molecular complexity index is 231. The van der Waals surface area contributed by atoms with Crippen molar-refractivity contribution in [2.24, 2.45) is 11.8 Å². The van der Waals surface area contributed by atoms with E-state index in [0.717, 1.165) is 38.5 Å². The lowest BCUT2D eigenvalue weighted by atomic mass is 9.78. The summed E-state index contributed by atoms with van der Waals surface area (Å²) >= 11 is 0. The molecule has 1 aliphatic rings. The van der Waals surface area contributed by atoms with Crippen molar-refractivity contribution in [3.05, 3.63) is 0 Å². The molecule has 114 valence electrons. The summed E-state index contributed by atoms with van der Waals surface area (Å²) in [7, 11) is 1.76. The van der Waals surface area contributed by atoms with E-state index in [4.69, 9.17) is 4.74 Å². The van der Waals surface area contributed by atoms with Gasteiger partial charge in [0.2, 0.25) is 0 Å². The molecule has 19 heavy (non-hydrogen) atoms. The van der Waals surface area contributed by atoms with E-state index in [-0.39, 0.29) is 6.10 Å². The zero-order chi connectivity index (χ0) is 14.3. The smallest absolute Gasteiger partial charge is 0.0589 e. The number of aliphatic hydroxyl groups excluding tert-OH is 1. The highest BCUT2D eigenvalue weighted by atomic mass is 16.5.